The molecule has 1 N–H and O–H groups in total. The van der Waals surface area contributed by atoms with Crippen LogP contribution in [0.2, 0.25) is 0 Å². The number of fused-ring (bicyclic) bond motifs is 1. The average molecular weight is 403 g/mol. The van der Waals surface area contributed by atoms with Crippen molar-refractivity contribution in [3.8, 4) is 0 Å². The highest BCUT2D eigenvalue weighted by Gasteiger charge is 2.40. The smallest absolute Gasteiger partial charge is 0.244 e. The summed E-state index contributed by atoms with van der Waals surface area (Å²) in [5, 5.41) is 2.88. The molecule has 2 aromatic rings. The molecule has 0 aromatic heterocycles. The van der Waals surface area contributed by atoms with E-state index in [2.05, 4.69) is 21.2 Å². The number of nitrogens with one attached hydrogen (secondary N) is 1. The first-order chi connectivity index (χ1) is 12.0. The Bertz CT molecular complexity index is 849. The zero-order valence-electron chi connectivity index (χ0n) is 13.3. The van der Waals surface area contributed by atoms with Gasteiger partial charge in [0, 0.05) is 21.6 Å². The minimum absolute atomic E-state index is 0.00977. The summed E-state index contributed by atoms with van der Waals surface area (Å²) in [6.45, 7) is -0.0102. The molecule has 2 amide bonds. The summed E-state index contributed by atoms with van der Waals surface area (Å²) in [5.74, 6) is -0.579. The number of nitrogens with zero attached hydrogens (tertiary/aromatic N) is 1. The van der Waals surface area contributed by atoms with E-state index in [-0.39, 0.29) is 30.1 Å². The highest BCUT2D eigenvalue weighted by Crippen LogP contribution is 2.40. The standard InChI is InChI=1S/C19H16BrFN2O2/c20-13-5-8-16-15(9-13)18(11-3-6-14(21)7-4-11)23(10-17(24)22-16)19(25)12-1-2-12/h3-9,12,18H,1-2,10H2,(H,22,24). The molecule has 1 atom stereocenters. The second kappa shape index (κ2) is 6.26. The van der Waals surface area contributed by atoms with Gasteiger partial charge in [0.25, 0.3) is 0 Å². The van der Waals surface area contributed by atoms with Gasteiger partial charge in [-0.05, 0) is 48.7 Å². The van der Waals surface area contributed by atoms with Gasteiger partial charge in [0.1, 0.15) is 12.4 Å². The molecular weight excluding hydrogens is 387 g/mol. The fourth-order valence-electron chi connectivity index (χ4n) is 3.25. The van der Waals surface area contributed by atoms with E-state index in [4.69, 9.17) is 0 Å². The first-order valence-electron chi connectivity index (χ1n) is 8.18. The molecule has 6 heteroatoms. The highest BCUT2D eigenvalue weighted by atomic mass is 79.9. The fourth-order valence-corrected chi connectivity index (χ4v) is 3.63. The van der Waals surface area contributed by atoms with Gasteiger partial charge < -0.3 is 10.2 Å². The van der Waals surface area contributed by atoms with E-state index in [9.17, 15) is 14.0 Å². The van der Waals surface area contributed by atoms with Crippen molar-refractivity contribution in [1.29, 1.82) is 0 Å². The third-order valence-electron chi connectivity index (χ3n) is 4.60. The number of hydrogen-bond donors (Lipinski definition) is 1. The van der Waals surface area contributed by atoms with Crippen LogP contribution in [0.3, 0.4) is 0 Å². The lowest BCUT2D eigenvalue weighted by atomic mass is 9.95. The van der Waals surface area contributed by atoms with Crippen LogP contribution in [-0.2, 0) is 9.59 Å². The summed E-state index contributed by atoms with van der Waals surface area (Å²) < 4.78 is 14.3. The Morgan fingerprint density at radius 3 is 2.56 bits per heavy atom. The maximum absolute atomic E-state index is 13.4. The van der Waals surface area contributed by atoms with Crippen LogP contribution in [0.25, 0.3) is 0 Å². The lowest BCUT2D eigenvalue weighted by molar-refractivity contribution is -0.137. The lowest BCUT2D eigenvalue weighted by Crippen LogP contribution is -2.39. The van der Waals surface area contributed by atoms with Gasteiger partial charge >= 0.3 is 0 Å². The summed E-state index contributed by atoms with van der Waals surface area (Å²) in [6, 6.07) is 11.3. The number of halogens is 2. The molecule has 1 aliphatic carbocycles. The van der Waals surface area contributed by atoms with Gasteiger partial charge in [-0.3, -0.25) is 9.59 Å². The molecular formula is C19H16BrFN2O2. The third kappa shape index (κ3) is 3.18. The van der Waals surface area contributed by atoms with Gasteiger partial charge in [-0.15, -0.1) is 0 Å². The number of rotatable bonds is 2. The SMILES string of the molecule is O=C1CN(C(=O)C2CC2)C(c2ccc(F)cc2)c2cc(Br)ccc2N1. The molecule has 0 radical (unpaired) electrons. The highest BCUT2D eigenvalue weighted by molar-refractivity contribution is 9.10. The molecule has 0 spiro atoms. The largest absolute Gasteiger partial charge is 0.324 e. The Morgan fingerprint density at radius 1 is 1.16 bits per heavy atom. The van der Waals surface area contributed by atoms with E-state index >= 15 is 0 Å². The summed E-state index contributed by atoms with van der Waals surface area (Å²) in [7, 11) is 0. The maximum atomic E-state index is 13.4. The van der Waals surface area contributed by atoms with Crippen molar-refractivity contribution in [3.05, 3.63) is 63.9 Å². The first kappa shape index (κ1) is 16.3. The van der Waals surface area contributed by atoms with Crippen LogP contribution in [0.15, 0.2) is 46.9 Å². The molecule has 1 fully saturated rings. The topological polar surface area (TPSA) is 49.4 Å². The summed E-state index contributed by atoms with van der Waals surface area (Å²) in [4.78, 5) is 26.8. The maximum Gasteiger partial charge on any atom is 0.244 e. The van der Waals surface area contributed by atoms with Crippen LogP contribution in [0.4, 0.5) is 10.1 Å². The zero-order chi connectivity index (χ0) is 17.6. The second-order valence-electron chi connectivity index (χ2n) is 6.47. The molecule has 128 valence electrons. The Hall–Kier alpha value is -2.21. The van der Waals surface area contributed by atoms with Crippen LogP contribution in [0, 0.1) is 11.7 Å². The van der Waals surface area contributed by atoms with Crippen LogP contribution in [0.1, 0.15) is 30.0 Å². The van der Waals surface area contributed by atoms with Gasteiger partial charge in [-0.2, -0.15) is 0 Å². The lowest BCUT2D eigenvalue weighted by Gasteiger charge is -2.30. The molecule has 1 aliphatic heterocycles. The van der Waals surface area contributed by atoms with Crippen molar-refractivity contribution in [2.45, 2.75) is 18.9 Å². The number of anilines is 1. The third-order valence-corrected chi connectivity index (χ3v) is 5.10. The number of amides is 2. The van der Waals surface area contributed by atoms with Gasteiger partial charge in [-0.1, -0.05) is 28.1 Å². The predicted octanol–water partition coefficient (Wildman–Crippen LogP) is 3.87. The van der Waals surface area contributed by atoms with Gasteiger partial charge in [0.2, 0.25) is 11.8 Å². The van der Waals surface area contributed by atoms with E-state index in [0.717, 1.165) is 28.4 Å². The second-order valence-corrected chi connectivity index (χ2v) is 7.39. The molecule has 1 unspecified atom stereocenters. The Balaban J connectivity index is 1.88. The van der Waals surface area contributed by atoms with Crippen molar-refractivity contribution in [2.75, 3.05) is 11.9 Å². The van der Waals surface area contributed by atoms with Crippen LogP contribution in [-0.4, -0.2) is 23.3 Å². The van der Waals surface area contributed by atoms with E-state index in [1.165, 1.54) is 12.1 Å². The molecule has 0 bridgehead atoms. The van der Waals surface area contributed by atoms with Crippen LogP contribution >= 0.6 is 15.9 Å². The van der Waals surface area contributed by atoms with Gasteiger partial charge in [0.15, 0.2) is 0 Å². The monoisotopic (exact) mass is 402 g/mol. The van der Waals surface area contributed by atoms with Gasteiger partial charge in [0.05, 0.1) is 6.04 Å². The quantitative estimate of drug-likeness (QED) is 0.828. The van der Waals surface area contributed by atoms with Gasteiger partial charge in [-0.25, -0.2) is 4.39 Å². The average Bonchev–Trinajstić information content (AvgIpc) is 3.42. The van der Waals surface area contributed by atoms with Crippen molar-refractivity contribution >= 4 is 33.4 Å². The Labute approximate surface area is 153 Å². The summed E-state index contributed by atoms with van der Waals surface area (Å²) in [5.41, 5.74) is 2.28. The number of carbonyl (C=O) groups is 2. The van der Waals surface area contributed by atoms with E-state index in [1.807, 2.05) is 18.2 Å². The number of carbonyl (C=O) groups excluding carboxylic acids is 2. The van der Waals surface area contributed by atoms with Crippen molar-refractivity contribution in [1.82, 2.24) is 4.90 Å². The molecule has 4 rings (SSSR count). The summed E-state index contributed by atoms with van der Waals surface area (Å²) in [6.07, 6.45) is 1.72. The van der Waals surface area contributed by atoms with Crippen LogP contribution in [0.5, 0.6) is 0 Å². The van der Waals surface area contributed by atoms with E-state index in [1.54, 1.807) is 17.0 Å². The number of benzene rings is 2. The molecule has 0 saturated heterocycles. The Morgan fingerprint density at radius 2 is 1.88 bits per heavy atom. The zero-order valence-corrected chi connectivity index (χ0v) is 14.9. The number of hydrogen-bond acceptors (Lipinski definition) is 2. The molecule has 4 nitrogen and oxygen atoms in total. The molecule has 2 aromatic carbocycles. The Kier molecular flexibility index (Phi) is 4.07. The molecule has 2 aliphatic rings. The molecule has 1 heterocycles. The normalized spacial score (nSPS) is 19.8. The molecule has 1 saturated carbocycles. The van der Waals surface area contributed by atoms with Crippen LogP contribution < -0.4 is 5.32 Å². The minimum Gasteiger partial charge on any atom is -0.324 e. The predicted molar refractivity (Wildman–Crippen MR) is 95.5 cm³/mol. The van der Waals surface area contributed by atoms with Crippen molar-refractivity contribution < 1.29 is 14.0 Å². The fraction of sp³-hybridized carbons (Fsp3) is 0.263. The minimum atomic E-state index is -0.430. The van der Waals surface area contributed by atoms with Crippen molar-refractivity contribution in [3.63, 3.8) is 0 Å². The first-order valence-corrected chi connectivity index (χ1v) is 8.97. The summed E-state index contributed by atoms with van der Waals surface area (Å²) >= 11 is 3.46. The van der Waals surface area contributed by atoms with Crippen molar-refractivity contribution in [2.24, 2.45) is 5.92 Å². The van der Waals surface area contributed by atoms with E-state index < -0.39 is 6.04 Å². The van der Waals surface area contributed by atoms with E-state index in [0.29, 0.717) is 5.69 Å². The molecule has 25 heavy (non-hydrogen) atoms.